The normalized spacial score (nSPS) is 13.7. The highest BCUT2D eigenvalue weighted by molar-refractivity contribution is 5.31. The zero-order chi connectivity index (χ0) is 15.1. The van der Waals surface area contributed by atoms with Gasteiger partial charge in [-0.2, -0.15) is 0 Å². The summed E-state index contributed by atoms with van der Waals surface area (Å²) < 4.78 is 5.64. The summed E-state index contributed by atoms with van der Waals surface area (Å²) in [7, 11) is 0. The topological polar surface area (TPSA) is 54.4 Å². The van der Waals surface area contributed by atoms with Crippen molar-refractivity contribution in [2.75, 3.05) is 13.2 Å². The van der Waals surface area contributed by atoms with Gasteiger partial charge >= 0.3 is 0 Å². The van der Waals surface area contributed by atoms with Crippen LogP contribution in [0.25, 0.3) is 0 Å². The van der Waals surface area contributed by atoms with Crippen molar-refractivity contribution in [3.8, 4) is 5.75 Å². The molecule has 112 valence electrons. The highest BCUT2D eigenvalue weighted by Crippen LogP contribution is 2.16. The van der Waals surface area contributed by atoms with E-state index in [1.165, 1.54) is 0 Å². The predicted molar refractivity (Wildman–Crippen MR) is 83.3 cm³/mol. The molecule has 0 fully saturated rings. The molecular weight excluding hydrogens is 264 g/mol. The molecule has 0 radical (unpaired) electrons. The molecule has 21 heavy (non-hydrogen) atoms. The van der Waals surface area contributed by atoms with E-state index in [2.05, 4.69) is 17.2 Å². The standard InChI is InChI=1S/C17H22N2O2/c1-13-5-3-4-6-17(13)21-12-16(20)11-19-14(2)15-7-9-18-10-8-15/h3-10,14,16,19-20H,11-12H2,1-2H3/t14-,16?/m1/s1. The Balaban J connectivity index is 1.75. The molecule has 2 rings (SSSR count). The van der Waals surface area contributed by atoms with Crippen LogP contribution in [0.3, 0.4) is 0 Å². The molecule has 0 aliphatic rings. The van der Waals surface area contributed by atoms with E-state index in [1.54, 1.807) is 12.4 Å². The number of hydrogen-bond acceptors (Lipinski definition) is 4. The van der Waals surface area contributed by atoms with Crippen molar-refractivity contribution in [3.63, 3.8) is 0 Å². The number of para-hydroxylation sites is 1. The lowest BCUT2D eigenvalue weighted by Gasteiger charge is -2.18. The van der Waals surface area contributed by atoms with Gasteiger partial charge in [-0.05, 0) is 43.2 Å². The molecule has 4 heteroatoms. The molecular formula is C17H22N2O2. The Kier molecular flexibility index (Phi) is 5.72. The molecule has 1 aromatic heterocycles. The first-order chi connectivity index (χ1) is 10.2. The average molecular weight is 286 g/mol. The molecule has 2 aromatic rings. The minimum atomic E-state index is -0.547. The van der Waals surface area contributed by atoms with Gasteiger partial charge in [-0.15, -0.1) is 0 Å². The maximum absolute atomic E-state index is 10.00. The minimum Gasteiger partial charge on any atom is -0.491 e. The van der Waals surface area contributed by atoms with Crippen LogP contribution in [0, 0.1) is 6.92 Å². The number of aliphatic hydroxyl groups excluding tert-OH is 1. The Bertz CT molecular complexity index is 545. The van der Waals surface area contributed by atoms with E-state index >= 15 is 0 Å². The first kappa shape index (κ1) is 15.5. The van der Waals surface area contributed by atoms with Gasteiger partial charge in [0, 0.05) is 25.0 Å². The van der Waals surface area contributed by atoms with Gasteiger partial charge < -0.3 is 15.2 Å². The van der Waals surface area contributed by atoms with Crippen LogP contribution in [0.4, 0.5) is 0 Å². The van der Waals surface area contributed by atoms with Crippen molar-refractivity contribution in [2.24, 2.45) is 0 Å². The number of nitrogens with zero attached hydrogens (tertiary/aromatic N) is 1. The number of aliphatic hydroxyl groups is 1. The number of pyridine rings is 1. The Labute approximate surface area is 125 Å². The fourth-order valence-electron chi connectivity index (χ4n) is 2.05. The average Bonchev–Trinajstić information content (AvgIpc) is 2.52. The maximum atomic E-state index is 10.00. The Hall–Kier alpha value is -1.91. The number of hydrogen-bond donors (Lipinski definition) is 2. The molecule has 0 aliphatic heterocycles. The lowest BCUT2D eigenvalue weighted by molar-refractivity contribution is 0.104. The summed E-state index contributed by atoms with van der Waals surface area (Å²) in [5.41, 5.74) is 2.22. The van der Waals surface area contributed by atoms with Crippen LogP contribution < -0.4 is 10.1 Å². The van der Waals surface area contributed by atoms with E-state index in [-0.39, 0.29) is 12.6 Å². The summed E-state index contributed by atoms with van der Waals surface area (Å²) >= 11 is 0. The quantitative estimate of drug-likeness (QED) is 0.821. The minimum absolute atomic E-state index is 0.168. The predicted octanol–water partition coefficient (Wildman–Crippen LogP) is 2.48. The van der Waals surface area contributed by atoms with Gasteiger partial charge in [0.25, 0.3) is 0 Å². The molecule has 4 nitrogen and oxygen atoms in total. The molecule has 1 unspecified atom stereocenters. The van der Waals surface area contributed by atoms with E-state index in [4.69, 9.17) is 4.74 Å². The summed E-state index contributed by atoms with van der Waals surface area (Å²) in [4.78, 5) is 4.00. The molecule has 1 aromatic carbocycles. The van der Waals surface area contributed by atoms with E-state index in [9.17, 15) is 5.11 Å². The first-order valence-electron chi connectivity index (χ1n) is 7.16. The molecule has 0 spiro atoms. The Morgan fingerprint density at radius 1 is 1.19 bits per heavy atom. The van der Waals surface area contributed by atoms with E-state index in [0.29, 0.717) is 6.54 Å². The van der Waals surface area contributed by atoms with Crippen LogP contribution in [-0.2, 0) is 0 Å². The molecule has 0 saturated carbocycles. The Morgan fingerprint density at radius 2 is 1.90 bits per heavy atom. The summed E-state index contributed by atoms with van der Waals surface area (Å²) in [5, 5.41) is 13.3. The van der Waals surface area contributed by atoms with Gasteiger partial charge in [0.1, 0.15) is 18.5 Å². The number of benzene rings is 1. The number of aromatic nitrogens is 1. The van der Waals surface area contributed by atoms with E-state index in [1.807, 2.05) is 43.3 Å². The third-order valence-electron chi connectivity index (χ3n) is 3.39. The lowest BCUT2D eigenvalue weighted by Crippen LogP contribution is -2.33. The fraction of sp³-hybridized carbons (Fsp3) is 0.353. The molecule has 0 saturated heterocycles. The van der Waals surface area contributed by atoms with Gasteiger partial charge in [0.05, 0.1) is 0 Å². The van der Waals surface area contributed by atoms with Crippen LogP contribution in [0.1, 0.15) is 24.1 Å². The van der Waals surface area contributed by atoms with Crippen LogP contribution in [-0.4, -0.2) is 29.3 Å². The van der Waals surface area contributed by atoms with Crippen molar-refractivity contribution in [3.05, 3.63) is 59.9 Å². The largest absolute Gasteiger partial charge is 0.491 e. The molecule has 2 N–H and O–H groups in total. The third kappa shape index (κ3) is 4.85. The fourth-order valence-corrected chi connectivity index (χ4v) is 2.05. The molecule has 0 amide bonds. The maximum Gasteiger partial charge on any atom is 0.122 e. The summed E-state index contributed by atoms with van der Waals surface area (Å²) in [5.74, 6) is 0.818. The zero-order valence-corrected chi connectivity index (χ0v) is 12.5. The van der Waals surface area contributed by atoms with Crippen molar-refractivity contribution in [1.29, 1.82) is 0 Å². The monoisotopic (exact) mass is 286 g/mol. The van der Waals surface area contributed by atoms with Crippen molar-refractivity contribution >= 4 is 0 Å². The summed E-state index contributed by atoms with van der Waals surface area (Å²) in [6, 6.07) is 11.9. The molecule has 1 heterocycles. The van der Waals surface area contributed by atoms with Crippen LogP contribution >= 0.6 is 0 Å². The van der Waals surface area contributed by atoms with Gasteiger partial charge in [-0.1, -0.05) is 18.2 Å². The number of nitrogens with one attached hydrogen (secondary N) is 1. The van der Waals surface area contributed by atoms with Crippen molar-refractivity contribution in [2.45, 2.75) is 26.0 Å². The van der Waals surface area contributed by atoms with Crippen molar-refractivity contribution < 1.29 is 9.84 Å². The smallest absolute Gasteiger partial charge is 0.122 e. The Morgan fingerprint density at radius 3 is 2.62 bits per heavy atom. The second kappa shape index (κ2) is 7.76. The summed E-state index contributed by atoms with van der Waals surface area (Å²) in [6.07, 6.45) is 2.99. The molecule has 2 atom stereocenters. The molecule has 0 aliphatic carbocycles. The first-order valence-corrected chi connectivity index (χ1v) is 7.16. The van der Waals surface area contributed by atoms with Crippen LogP contribution in [0.15, 0.2) is 48.8 Å². The van der Waals surface area contributed by atoms with Crippen LogP contribution in [0.2, 0.25) is 0 Å². The number of aryl methyl sites for hydroxylation is 1. The highest BCUT2D eigenvalue weighted by Gasteiger charge is 2.10. The van der Waals surface area contributed by atoms with Gasteiger partial charge in [0.15, 0.2) is 0 Å². The SMILES string of the molecule is Cc1ccccc1OCC(O)CN[C@H](C)c1ccncc1. The highest BCUT2D eigenvalue weighted by atomic mass is 16.5. The van der Waals surface area contributed by atoms with Gasteiger partial charge in [-0.25, -0.2) is 0 Å². The zero-order valence-electron chi connectivity index (χ0n) is 12.5. The second-order valence-electron chi connectivity index (χ2n) is 5.14. The summed E-state index contributed by atoms with van der Waals surface area (Å²) in [6.45, 7) is 4.81. The van der Waals surface area contributed by atoms with Gasteiger partial charge in [0.2, 0.25) is 0 Å². The second-order valence-corrected chi connectivity index (χ2v) is 5.14. The lowest BCUT2D eigenvalue weighted by atomic mass is 10.1. The van der Waals surface area contributed by atoms with Gasteiger partial charge in [-0.3, -0.25) is 4.98 Å². The number of ether oxygens (including phenoxy) is 1. The van der Waals surface area contributed by atoms with E-state index in [0.717, 1.165) is 16.9 Å². The van der Waals surface area contributed by atoms with Crippen LogP contribution in [0.5, 0.6) is 5.75 Å². The molecule has 0 bridgehead atoms. The number of rotatable bonds is 7. The third-order valence-corrected chi connectivity index (χ3v) is 3.39. The van der Waals surface area contributed by atoms with E-state index < -0.39 is 6.10 Å². The van der Waals surface area contributed by atoms with Crippen molar-refractivity contribution in [1.82, 2.24) is 10.3 Å².